The molecular weight excluding hydrogens is 300 g/mol. The summed E-state index contributed by atoms with van der Waals surface area (Å²) in [5.41, 5.74) is 4.22. The van der Waals surface area contributed by atoms with Crippen molar-refractivity contribution in [2.45, 2.75) is 32.6 Å². The van der Waals surface area contributed by atoms with Gasteiger partial charge in [-0.2, -0.15) is 0 Å². The van der Waals surface area contributed by atoms with Gasteiger partial charge in [-0.15, -0.1) is 0 Å². The Morgan fingerprint density at radius 2 is 1.36 bits per heavy atom. The van der Waals surface area contributed by atoms with Gasteiger partial charge in [0, 0.05) is 0 Å². The molecule has 4 aromatic carbocycles. The molecule has 0 aromatic heterocycles. The molecule has 0 N–H and O–H groups in total. The van der Waals surface area contributed by atoms with Gasteiger partial charge in [-0.3, -0.25) is 0 Å². The smallest absolute Gasteiger partial charge is 0.00731 e. The van der Waals surface area contributed by atoms with Crippen molar-refractivity contribution in [1.29, 1.82) is 0 Å². The van der Waals surface area contributed by atoms with Crippen LogP contribution in [0.2, 0.25) is 0 Å². The molecule has 0 unspecified atom stereocenters. The Labute approximate surface area is 150 Å². The number of rotatable bonds is 5. The molecule has 0 bridgehead atoms. The highest BCUT2D eigenvalue weighted by molar-refractivity contribution is 6.12. The molecule has 0 saturated heterocycles. The van der Waals surface area contributed by atoms with Gasteiger partial charge in [0.2, 0.25) is 0 Å². The number of hydrogen-bond donors (Lipinski definition) is 0. The SMILES string of the molecule is CCCCCc1ccc2c(ccc3ccccc32)c1-c1ccccc1. The fourth-order valence-electron chi connectivity index (χ4n) is 3.85. The van der Waals surface area contributed by atoms with Crippen LogP contribution in [-0.2, 0) is 6.42 Å². The van der Waals surface area contributed by atoms with Crippen LogP contribution in [0, 0.1) is 0 Å². The molecule has 0 aliphatic heterocycles. The Balaban J connectivity index is 1.97. The summed E-state index contributed by atoms with van der Waals surface area (Å²) in [6.07, 6.45) is 4.97. The van der Waals surface area contributed by atoms with Gasteiger partial charge >= 0.3 is 0 Å². The van der Waals surface area contributed by atoms with Gasteiger partial charge in [0.05, 0.1) is 0 Å². The Morgan fingerprint density at radius 1 is 0.600 bits per heavy atom. The summed E-state index contributed by atoms with van der Waals surface area (Å²) in [6.45, 7) is 2.27. The zero-order chi connectivity index (χ0) is 17.1. The lowest BCUT2D eigenvalue weighted by atomic mass is 9.89. The summed E-state index contributed by atoms with van der Waals surface area (Å²) in [5, 5.41) is 5.39. The van der Waals surface area contributed by atoms with Crippen LogP contribution >= 0.6 is 0 Å². The third kappa shape index (κ3) is 3.05. The maximum atomic E-state index is 2.35. The monoisotopic (exact) mass is 324 g/mol. The van der Waals surface area contributed by atoms with Crippen molar-refractivity contribution in [1.82, 2.24) is 0 Å². The van der Waals surface area contributed by atoms with Crippen LogP contribution < -0.4 is 0 Å². The highest BCUT2D eigenvalue weighted by Gasteiger charge is 2.11. The third-order valence-corrected chi connectivity index (χ3v) is 5.12. The summed E-state index contributed by atoms with van der Waals surface area (Å²) >= 11 is 0. The molecule has 0 saturated carbocycles. The predicted octanol–water partition coefficient (Wildman–Crippen LogP) is 7.39. The molecular formula is C25H24. The summed E-state index contributed by atoms with van der Waals surface area (Å²) in [5.74, 6) is 0. The molecule has 0 heteroatoms. The van der Waals surface area contributed by atoms with E-state index in [1.165, 1.54) is 57.5 Å². The minimum Gasteiger partial charge on any atom is -0.0654 e. The van der Waals surface area contributed by atoms with Crippen LogP contribution in [-0.4, -0.2) is 0 Å². The van der Waals surface area contributed by atoms with Crippen LogP contribution in [0.15, 0.2) is 78.9 Å². The van der Waals surface area contributed by atoms with Crippen LogP contribution in [0.5, 0.6) is 0 Å². The predicted molar refractivity (Wildman–Crippen MR) is 110 cm³/mol. The topological polar surface area (TPSA) is 0 Å². The van der Waals surface area contributed by atoms with Gasteiger partial charge in [0.25, 0.3) is 0 Å². The fraction of sp³-hybridized carbons (Fsp3) is 0.200. The van der Waals surface area contributed by atoms with Crippen LogP contribution in [0.4, 0.5) is 0 Å². The number of hydrogen-bond acceptors (Lipinski definition) is 0. The second-order valence-corrected chi connectivity index (χ2v) is 6.80. The first-order chi connectivity index (χ1) is 12.4. The van der Waals surface area contributed by atoms with Gasteiger partial charge in [-0.1, -0.05) is 98.6 Å². The normalized spacial score (nSPS) is 11.2. The van der Waals surface area contributed by atoms with Crippen molar-refractivity contribution < 1.29 is 0 Å². The van der Waals surface area contributed by atoms with Crippen molar-refractivity contribution in [3.63, 3.8) is 0 Å². The molecule has 4 aromatic rings. The molecule has 0 atom stereocenters. The number of unbranched alkanes of at least 4 members (excludes halogenated alkanes) is 2. The van der Waals surface area contributed by atoms with E-state index in [1.54, 1.807) is 0 Å². The zero-order valence-electron chi connectivity index (χ0n) is 14.8. The molecule has 0 heterocycles. The van der Waals surface area contributed by atoms with Gasteiger partial charge in [0.1, 0.15) is 0 Å². The minimum atomic E-state index is 1.15. The second-order valence-electron chi connectivity index (χ2n) is 6.80. The molecule has 0 fully saturated rings. The lowest BCUT2D eigenvalue weighted by Crippen LogP contribution is -1.93. The lowest BCUT2D eigenvalue weighted by Gasteiger charge is -2.15. The second kappa shape index (κ2) is 7.11. The Hall–Kier alpha value is -2.60. The van der Waals surface area contributed by atoms with Crippen molar-refractivity contribution in [3.05, 3.63) is 84.4 Å². The molecule has 0 spiro atoms. The average Bonchev–Trinajstić information content (AvgIpc) is 2.68. The zero-order valence-corrected chi connectivity index (χ0v) is 14.8. The highest BCUT2D eigenvalue weighted by Crippen LogP contribution is 2.36. The molecule has 4 rings (SSSR count). The van der Waals surface area contributed by atoms with E-state index in [-0.39, 0.29) is 0 Å². The Morgan fingerprint density at radius 3 is 2.20 bits per heavy atom. The van der Waals surface area contributed by atoms with Crippen molar-refractivity contribution in [2.24, 2.45) is 0 Å². The number of fused-ring (bicyclic) bond motifs is 3. The summed E-state index contributed by atoms with van der Waals surface area (Å²) < 4.78 is 0. The van der Waals surface area contributed by atoms with E-state index < -0.39 is 0 Å². The van der Waals surface area contributed by atoms with E-state index in [4.69, 9.17) is 0 Å². The van der Waals surface area contributed by atoms with Gasteiger partial charge in [-0.05, 0) is 51.1 Å². The van der Waals surface area contributed by atoms with Crippen molar-refractivity contribution in [3.8, 4) is 11.1 Å². The lowest BCUT2D eigenvalue weighted by molar-refractivity contribution is 0.718. The van der Waals surface area contributed by atoms with E-state index in [1.807, 2.05) is 0 Å². The summed E-state index contributed by atoms with van der Waals surface area (Å²) in [4.78, 5) is 0. The van der Waals surface area contributed by atoms with Gasteiger partial charge in [0.15, 0.2) is 0 Å². The van der Waals surface area contributed by atoms with E-state index in [0.29, 0.717) is 0 Å². The van der Waals surface area contributed by atoms with Crippen molar-refractivity contribution >= 4 is 21.5 Å². The largest absolute Gasteiger partial charge is 0.0654 e. The van der Waals surface area contributed by atoms with Crippen molar-refractivity contribution in [2.75, 3.05) is 0 Å². The van der Waals surface area contributed by atoms with Gasteiger partial charge in [-0.25, -0.2) is 0 Å². The van der Waals surface area contributed by atoms with E-state index >= 15 is 0 Å². The van der Waals surface area contributed by atoms with Crippen LogP contribution in [0.1, 0.15) is 31.7 Å². The van der Waals surface area contributed by atoms with Crippen LogP contribution in [0.3, 0.4) is 0 Å². The van der Waals surface area contributed by atoms with E-state index in [0.717, 1.165) is 6.42 Å². The fourth-order valence-corrected chi connectivity index (χ4v) is 3.85. The molecule has 0 aliphatic rings. The Kier molecular flexibility index (Phi) is 4.52. The standard InChI is InChI=1S/C25H24/c1-2-3-5-11-21-16-17-23-22-14-9-8-10-19(22)15-18-24(23)25(21)20-12-6-4-7-13-20/h4,6-10,12-18H,2-3,5,11H2,1H3. The average molecular weight is 324 g/mol. The maximum absolute atomic E-state index is 2.35. The molecule has 25 heavy (non-hydrogen) atoms. The molecule has 0 aliphatic carbocycles. The highest BCUT2D eigenvalue weighted by atomic mass is 14.2. The minimum absolute atomic E-state index is 1.15. The first-order valence-electron chi connectivity index (χ1n) is 9.37. The van der Waals surface area contributed by atoms with Crippen LogP contribution in [0.25, 0.3) is 32.7 Å². The van der Waals surface area contributed by atoms with E-state index in [9.17, 15) is 0 Å². The summed E-state index contributed by atoms with van der Waals surface area (Å²) in [6, 6.07) is 28.8. The third-order valence-electron chi connectivity index (χ3n) is 5.12. The quantitative estimate of drug-likeness (QED) is 0.265. The van der Waals surface area contributed by atoms with Gasteiger partial charge < -0.3 is 0 Å². The molecule has 124 valence electrons. The first-order valence-corrected chi connectivity index (χ1v) is 9.37. The number of aryl methyl sites for hydroxylation is 1. The Bertz CT molecular complexity index is 996. The number of benzene rings is 4. The first kappa shape index (κ1) is 15.9. The molecule has 0 nitrogen and oxygen atoms in total. The summed E-state index contributed by atoms with van der Waals surface area (Å²) in [7, 11) is 0. The molecule has 0 radical (unpaired) electrons. The van der Waals surface area contributed by atoms with E-state index in [2.05, 4.69) is 85.8 Å². The maximum Gasteiger partial charge on any atom is -0.00731 e. The molecule has 0 amide bonds.